The summed E-state index contributed by atoms with van der Waals surface area (Å²) in [5, 5.41) is 0. The van der Waals surface area contributed by atoms with Gasteiger partial charge in [-0.1, -0.05) is 37.3 Å². The molecule has 0 spiro atoms. The van der Waals surface area contributed by atoms with Gasteiger partial charge in [0.05, 0.1) is 19.1 Å². The monoisotopic (exact) mass is 221 g/mol. The predicted octanol–water partition coefficient (Wildman–Crippen LogP) is 1.93. The first-order valence-electron chi connectivity index (χ1n) is 5.44. The van der Waals surface area contributed by atoms with Crippen LogP contribution >= 0.6 is 0 Å². The molecule has 0 saturated heterocycles. The van der Waals surface area contributed by atoms with Gasteiger partial charge in [-0.05, 0) is 5.56 Å². The van der Waals surface area contributed by atoms with Crippen LogP contribution in [0.2, 0.25) is 0 Å². The summed E-state index contributed by atoms with van der Waals surface area (Å²) in [4.78, 5) is 13.1. The Balaban J connectivity index is 2.28. The van der Waals surface area contributed by atoms with Crippen molar-refractivity contribution in [2.75, 3.05) is 20.7 Å². The van der Waals surface area contributed by atoms with Crippen LogP contribution in [0.15, 0.2) is 30.3 Å². The van der Waals surface area contributed by atoms with Crippen LogP contribution in [0, 0.1) is 5.92 Å². The predicted molar refractivity (Wildman–Crippen MR) is 64.0 cm³/mol. The minimum atomic E-state index is -0.0845. The van der Waals surface area contributed by atoms with Gasteiger partial charge in [-0.25, -0.2) is 0 Å². The molecule has 0 aliphatic carbocycles. The molecule has 1 unspecified atom stereocenters. The van der Waals surface area contributed by atoms with E-state index < -0.39 is 0 Å². The van der Waals surface area contributed by atoms with Crippen molar-refractivity contribution in [2.45, 2.75) is 13.5 Å². The molecule has 3 heteroatoms. The maximum Gasteiger partial charge on any atom is 0.227 e. The molecule has 3 nitrogen and oxygen atoms in total. The lowest BCUT2D eigenvalue weighted by atomic mass is 10.2. The third kappa shape index (κ3) is 4.03. The van der Waals surface area contributed by atoms with Crippen LogP contribution in [0.4, 0.5) is 0 Å². The lowest BCUT2D eigenvalue weighted by Gasteiger charge is -2.16. The molecule has 0 radical (unpaired) electrons. The molecule has 0 aliphatic rings. The summed E-state index contributed by atoms with van der Waals surface area (Å²) in [5.74, 6) is 0.0202. The maximum absolute atomic E-state index is 11.5. The highest BCUT2D eigenvalue weighted by molar-refractivity contribution is 5.77. The smallest absolute Gasteiger partial charge is 0.227 e. The molecule has 1 rings (SSSR count). The van der Waals surface area contributed by atoms with Crippen LogP contribution in [-0.4, -0.2) is 31.5 Å². The minimum Gasteiger partial charge on any atom is -0.376 e. The molecular weight excluding hydrogens is 202 g/mol. The Morgan fingerprint density at radius 1 is 1.31 bits per heavy atom. The normalized spacial score (nSPS) is 12.2. The highest BCUT2D eigenvalue weighted by atomic mass is 16.5. The average Bonchev–Trinajstić information content (AvgIpc) is 2.29. The minimum absolute atomic E-state index is 0.0845. The van der Waals surface area contributed by atoms with Gasteiger partial charge in [0.2, 0.25) is 5.91 Å². The first-order chi connectivity index (χ1) is 7.61. The number of benzene rings is 1. The Kier molecular flexibility index (Phi) is 4.99. The van der Waals surface area contributed by atoms with Crippen molar-refractivity contribution >= 4 is 5.91 Å². The molecule has 0 fully saturated rings. The molecule has 1 aromatic rings. The number of nitrogens with zero attached hydrogens (tertiary/aromatic N) is 1. The van der Waals surface area contributed by atoms with E-state index in [1.807, 2.05) is 37.3 Å². The van der Waals surface area contributed by atoms with E-state index in [0.717, 1.165) is 5.56 Å². The maximum atomic E-state index is 11.5. The molecule has 1 aromatic carbocycles. The molecule has 0 saturated carbocycles. The van der Waals surface area contributed by atoms with Crippen molar-refractivity contribution in [3.05, 3.63) is 35.9 Å². The Labute approximate surface area is 97.0 Å². The third-order valence-corrected chi connectivity index (χ3v) is 2.34. The van der Waals surface area contributed by atoms with Gasteiger partial charge in [-0.3, -0.25) is 4.79 Å². The molecule has 16 heavy (non-hydrogen) atoms. The van der Waals surface area contributed by atoms with E-state index in [1.165, 1.54) is 0 Å². The fourth-order valence-corrected chi connectivity index (χ4v) is 1.44. The molecule has 0 aliphatic heterocycles. The molecular formula is C13H19NO2. The number of hydrogen-bond acceptors (Lipinski definition) is 2. The van der Waals surface area contributed by atoms with Gasteiger partial charge in [-0.15, -0.1) is 0 Å². The fourth-order valence-electron chi connectivity index (χ4n) is 1.44. The number of rotatable bonds is 5. The van der Waals surface area contributed by atoms with Crippen LogP contribution in [-0.2, 0) is 16.1 Å². The SMILES string of the molecule is CC(COCc1ccccc1)C(=O)N(C)C. The van der Waals surface area contributed by atoms with Crippen molar-refractivity contribution in [3.63, 3.8) is 0 Å². The largest absolute Gasteiger partial charge is 0.376 e. The van der Waals surface area contributed by atoms with Crippen molar-refractivity contribution in [2.24, 2.45) is 5.92 Å². The molecule has 1 amide bonds. The van der Waals surface area contributed by atoms with Crippen LogP contribution in [0.25, 0.3) is 0 Å². The standard InChI is InChI=1S/C13H19NO2/c1-11(13(15)14(2)3)9-16-10-12-7-5-4-6-8-12/h4-8,11H,9-10H2,1-3H3. The molecule has 0 bridgehead atoms. The van der Waals surface area contributed by atoms with E-state index >= 15 is 0 Å². The van der Waals surface area contributed by atoms with Crippen LogP contribution in [0.3, 0.4) is 0 Å². The average molecular weight is 221 g/mol. The number of amides is 1. The van der Waals surface area contributed by atoms with Gasteiger partial charge in [0, 0.05) is 14.1 Å². The molecule has 1 atom stereocenters. The zero-order valence-electron chi connectivity index (χ0n) is 10.1. The summed E-state index contributed by atoms with van der Waals surface area (Å²) < 4.78 is 5.51. The zero-order chi connectivity index (χ0) is 12.0. The van der Waals surface area contributed by atoms with Crippen molar-refractivity contribution in [3.8, 4) is 0 Å². The van der Waals surface area contributed by atoms with Crippen molar-refractivity contribution in [1.29, 1.82) is 0 Å². The van der Waals surface area contributed by atoms with E-state index in [0.29, 0.717) is 13.2 Å². The van der Waals surface area contributed by atoms with E-state index in [4.69, 9.17) is 4.74 Å². The van der Waals surface area contributed by atoms with Crippen LogP contribution in [0.5, 0.6) is 0 Å². The Bertz CT molecular complexity index is 322. The van der Waals surface area contributed by atoms with Crippen LogP contribution in [0.1, 0.15) is 12.5 Å². The number of ether oxygens (including phenoxy) is 1. The summed E-state index contributed by atoms with van der Waals surface area (Å²) in [6.07, 6.45) is 0. The topological polar surface area (TPSA) is 29.5 Å². The van der Waals surface area contributed by atoms with Gasteiger partial charge >= 0.3 is 0 Å². The second kappa shape index (κ2) is 6.28. The quantitative estimate of drug-likeness (QED) is 0.760. The Morgan fingerprint density at radius 2 is 1.94 bits per heavy atom. The summed E-state index contributed by atoms with van der Waals surface area (Å²) in [6, 6.07) is 9.96. The van der Waals surface area contributed by atoms with Gasteiger partial charge < -0.3 is 9.64 Å². The molecule has 0 heterocycles. The second-order valence-electron chi connectivity index (χ2n) is 4.13. The second-order valence-corrected chi connectivity index (χ2v) is 4.13. The first-order valence-corrected chi connectivity index (χ1v) is 5.44. The van der Waals surface area contributed by atoms with Crippen LogP contribution < -0.4 is 0 Å². The van der Waals surface area contributed by atoms with E-state index in [2.05, 4.69) is 0 Å². The lowest BCUT2D eigenvalue weighted by Crippen LogP contribution is -2.30. The van der Waals surface area contributed by atoms with Gasteiger partial charge in [0.25, 0.3) is 0 Å². The summed E-state index contributed by atoms with van der Waals surface area (Å²) in [7, 11) is 3.52. The van der Waals surface area contributed by atoms with E-state index in [9.17, 15) is 4.79 Å². The molecule has 88 valence electrons. The van der Waals surface area contributed by atoms with Crippen molar-refractivity contribution in [1.82, 2.24) is 4.90 Å². The number of carbonyl (C=O) groups is 1. The Morgan fingerprint density at radius 3 is 2.50 bits per heavy atom. The molecule has 0 aromatic heterocycles. The third-order valence-electron chi connectivity index (χ3n) is 2.34. The highest BCUT2D eigenvalue weighted by Crippen LogP contribution is 2.04. The van der Waals surface area contributed by atoms with Gasteiger partial charge in [0.1, 0.15) is 0 Å². The summed E-state index contributed by atoms with van der Waals surface area (Å²) in [5.41, 5.74) is 1.13. The summed E-state index contributed by atoms with van der Waals surface area (Å²) >= 11 is 0. The lowest BCUT2D eigenvalue weighted by molar-refractivity contribution is -0.134. The van der Waals surface area contributed by atoms with Gasteiger partial charge in [-0.2, -0.15) is 0 Å². The fraction of sp³-hybridized carbons (Fsp3) is 0.462. The highest BCUT2D eigenvalue weighted by Gasteiger charge is 2.14. The van der Waals surface area contributed by atoms with E-state index in [-0.39, 0.29) is 11.8 Å². The van der Waals surface area contributed by atoms with Crippen molar-refractivity contribution < 1.29 is 9.53 Å². The first kappa shape index (κ1) is 12.7. The number of carbonyl (C=O) groups excluding carboxylic acids is 1. The van der Waals surface area contributed by atoms with E-state index in [1.54, 1.807) is 19.0 Å². The number of hydrogen-bond donors (Lipinski definition) is 0. The summed E-state index contributed by atoms with van der Waals surface area (Å²) in [6.45, 7) is 2.91. The molecule has 0 N–H and O–H groups in total. The zero-order valence-corrected chi connectivity index (χ0v) is 10.1. The Hall–Kier alpha value is -1.35. The van der Waals surface area contributed by atoms with Gasteiger partial charge in [0.15, 0.2) is 0 Å².